The van der Waals surface area contributed by atoms with Gasteiger partial charge in [0.1, 0.15) is 30.2 Å². The highest BCUT2D eigenvalue weighted by molar-refractivity contribution is 5.97. The molecule has 1 aliphatic heterocycles. The Hall–Kier alpha value is -8.93. The summed E-state index contributed by atoms with van der Waals surface area (Å²) < 4.78 is 0. The number of hydrogen-bond donors (Lipinski definition) is 13. The summed E-state index contributed by atoms with van der Waals surface area (Å²) in [5.74, 6) is -6.72. The van der Waals surface area contributed by atoms with Crippen LogP contribution in [0.25, 0.3) is 10.9 Å². The highest BCUT2D eigenvalue weighted by Crippen LogP contribution is 2.19. The van der Waals surface area contributed by atoms with Gasteiger partial charge in [-0.1, -0.05) is 78.9 Å². The number of carbonyl (C=O) groups is 9. The van der Waals surface area contributed by atoms with Crippen molar-refractivity contribution < 1.29 is 43.2 Å². The predicted molar refractivity (Wildman–Crippen MR) is 285 cm³/mol. The van der Waals surface area contributed by atoms with Crippen molar-refractivity contribution in [3.63, 3.8) is 0 Å². The SMILES string of the molecule is CC(=O)N[C@@H](Cc1ccccc1)C(=O)N[C@H]1CCC(=O)NCC[C@@H](C(=O)N[C@@H](Cc2c[nH]c3ccccc23)C(N)=O)NC(=O)[C@H](CCCN=C(N)N)NC(=O)[C@@H](Cc2ccccc2)NCC(=O)[C@H](Cc2cnc[nH]2)NC1=O. The molecule has 3 aromatic carbocycles. The van der Waals surface area contributed by atoms with E-state index in [-0.39, 0.29) is 76.8 Å². The van der Waals surface area contributed by atoms with Crippen molar-refractivity contribution in [2.45, 2.75) is 107 Å². The number of aromatic amines is 2. The molecule has 1 fully saturated rings. The molecule has 0 radical (unpaired) electrons. The zero-order valence-electron chi connectivity index (χ0n) is 42.6. The second-order valence-electron chi connectivity index (χ2n) is 18.7. The van der Waals surface area contributed by atoms with Crippen LogP contribution in [0.4, 0.5) is 0 Å². The number of nitrogens with zero attached hydrogens (tertiary/aromatic N) is 2. The molecule has 24 nitrogen and oxygen atoms in total. The fraction of sp³-hybridized carbons (Fsp3) is 0.377. The van der Waals surface area contributed by atoms with E-state index in [0.29, 0.717) is 22.4 Å². The molecule has 408 valence electrons. The number of nitrogens with one attached hydrogen (secondary N) is 10. The van der Waals surface area contributed by atoms with Gasteiger partial charge in [-0.25, -0.2) is 4.98 Å². The number of carbonyl (C=O) groups excluding carboxylic acids is 9. The van der Waals surface area contributed by atoms with Crippen molar-refractivity contribution in [3.8, 4) is 0 Å². The van der Waals surface area contributed by atoms with E-state index in [2.05, 4.69) is 62.5 Å². The summed E-state index contributed by atoms with van der Waals surface area (Å²) in [5, 5.41) is 22.7. The first-order valence-corrected chi connectivity index (χ1v) is 25.3. The van der Waals surface area contributed by atoms with Crippen molar-refractivity contribution in [2.24, 2.45) is 22.2 Å². The van der Waals surface area contributed by atoms with Gasteiger partial charge in [-0.2, -0.15) is 0 Å². The lowest BCUT2D eigenvalue weighted by molar-refractivity contribution is -0.134. The number of H-pyrrole nitrogens is 2. The van der Waals surface area contributed by atoms with Gasteiger partial charge in [-0.15, -0.1) is 0 Å². The van der Waals surface area contributed by atoms with Crippen LogP contribution in [-0.4, -0.2) is 136 Å². The molecule has 1 saturated heterocycles. The van der Waals surface area contributed by atoms with Gasteiger partial charge in [0.2, 0.25) is 47.3 Å². The Labute approximate surface area is 444 Å². The molecule has 0 unspecified atom stereocenters. The molecule has 0 aliphatic carbocycles. The van der Waals surface area contributed by atoms with Crippen molar-refractivity contribution in [2.75, 3.05) is 19.6 Å². The summed E-state index contributed by atoms with van der Waals surface area (Å²) in [7, 11) is 0. The van der Waals surface area contributed by atoms with Crippen LogP contribution in [0.3, 0.4) is 0 Å². The number of guanidine groups is 1. The highest BCUT2D eigenvalue weighted by Gasteiger charge is 2.34. The Kier molecular flexibility index (Phi) is 21.3. The molecule has 1 aliphatic rings. The third-order valence-corrected chi connectivity index (χ3v) is 12.8. The molecule has 7 atom stereocenters. The van der Waals surface area contributed by atoms with Gasteiger partial charge in [-0.05, 0) is 54.9 Å². The van der Waals surface area contributed by atoms with E-state index in [9.17, 15) is 43.2 Å². The minimum atomic E-state index is -1.45. The first kappa shape index (κ1) is 57.4. The highest BCUT2D eigenvalue weighted by atomic mass is 16.2. The van der Waals surface area contributed by atoms with E-state index in [1.165, 1.54) is 19.4 Å². The summed E-state index contributed by atoms with van der Waals surface area (Å²) in [4.78, 5) is 139. The first-order valence-electron chi connectivity index (χ1n) is 25.3. The third kappa shape index (κ3) is 18.2. The molecule has 3 heterocycles. The Morgan fingerprint density at radius 3 is 2.12 bits per heavy atom. The summed E-state index contributed by atoms with van der Waals surface area (Å²) in [5.41, 5.74) is 20.3. The van der Waals surface area contributed by atoms with Gasteiger partial charge in [0.05, 0.1) is 25.0 Å². The number of hydrogen-bond acceptors (Lipinski definition) is 12. The van der Waals surface area contributed by atoms with Gasteiger partial charge in [-0.3, -0.25) is 53.5 Å². The molecule has 5 aromatic rings. The Morgan fingerprint density at radius 1 is 0.740 bits per heavy atom. The van der Waals surface area contributed by atoms with Crippen molar-refractivity contribution >= 4 is 69.9 Å². The molecule has 16 N–H and O–H groups in total. The fourth-order valence-corrected chi connectivity index (χ4v) is 8.75. The van der Waals surface area contributed by atoms with Crippen molar-refractivity contribution in [1.29, 1.82) is 0 Å². The molecule has 0 saturated carbocycles. The number of para-hydroxylation sites is 1. The monoisotopic (exact) mass is 1060 g/mol. The van der Waals surface area contributed by atoms with E-state index in [4.69, 9.17) is 17.2 Å². The van der Waals surface area contributed by atoms with Gasteiger partial charge < -0.3 is 64.4 Å². The normalized spacial score (nSPS) is 20.0. The number of aliphatic imine (C=N–C) groups is 1. The van der Waals surface area contributed by atoms with E-state index < -0.39 is 102 Å². The standard InChI is InChI=1S/C53H67N15O9/c1-31(69)63-44(24-33-13-6-3-7-14-33)52(77)65-39-18-19-46(71)58-22-20-40(50(75)68-42(47(54)72)25-34-27-60-37-16-9-8-15-36(34)37)66-48(73)38(17-10-21-59-53(55)56)64-51(76)43(23-32-11-4-2-5-12-32)61-29-45(70)41(67-49(39)74)26-35-28-57-30-62-35/h2-9,11-16,27-28,30,38-44,60-61H,10,17-26,29H2,1H3,(H2,54,72)(H,57,62)(H,58,71)(H,63,69)(H,64,76)(H,65,77)(H,66,73)(H,67,74)(H,68,75)(H4,55,56,59)/t38-,39-,40-,41-,42-,43+,44-/m0/s1. The minimum Gasteiger partial charge on any atom is -0.370 e. The summed E-state index contributed by atoms with van der Waals surface area (Å²) >= 11 is 0. The second kappa shape index (κ2) is 28.7. The predicted octanol–water partition coefficient (Wildman–Crippen LogP) is -1.54. The molecule has 77 heavy (non-hydrogen) atoms. The van der Waals surface area contributed by atoms with Crippen LogP contribution in [0.5, 0.6) is 0 Å². The summed E-state index contributed by atoms with van der Waals surface area (Å²) in [6, 6.07) is 16.0. The molecule has 6 rings (SSSR count). The lowest BCUT2D eigenvalue weighted by atomic mass is 10.0. The van der Waals surface area contributed by atoms with Crippen LogP contribution in [0.2, 0.25) is 0 Å². The topological polar surface area (TPSA) is 385 Å². The maximum Gasteiger partial charge on any atom is 0.243 e. The van der Waals surface area contributed by atoms with Crippen LogP contribution >= 0.6 is 0 Å². The van der Waals surface area contributed by atoms with Crippen LogP contribution in [-0.2, 0) is 68.8 Å². The van der Waals surface area contributed by atoms with Gasteiger partial charge in [0, 0.05) is 74.7 Å². The van der Waals surface area contributed by atoms with Gasteiger partial charge >= 0.3 is 0 Å². The Bertz CT molecular complexity index is 2860. The number of rotatable bonds is 18. The van der Waals surface area contributed by atoms with Crippen molar-refractivity contribution in [1.82, 2.24) is 57.5 Å². The summed E-state index contributed by atoms with van der Waals surface area (Å²) in [6.45, 7) is 0.585. The van der Waals surface area contributed by atoms with Crippen molar-refractivity contribution in [3.05, 3.63) is 126 Å². The van der Waals surface area contributed by atoms with Crippen LogP contribution in [0.15, 0.2) is 109 Å². The lowest BCUT2D eigenvalue weighted by Crippen LogP contribution is -2.59. The smallest absolute Gasteiger partial charge is 0.243 e. The second-order valence-corrected chi connectivity index (χ2v) is 18.7. The quantitative estimate of drug-likeness (QED) is 0.0269. The Morgan fingerprint density at radius 2 is 1.43 bits per heavy atom. The van der Waals surface area contributed by atoms with E-state index >= 15 is 0 Å². The number of imidazole rings is 1. The molecule has 24 heteroatoms. The fourth-order valence-electron chi connectivity index (χ4n) is 8.75. The van der Waals surface area contributed by atoms with Gasteiger partial charge in [0.25, 0.3) is 0 Å². The molecule has 8 amide bonds. The lowest BCUT2D eigenvalue weighted by Gasteiger charge is -2.27. The molecule has 2 aromatic heterocycles. The summed E-state index contributed by atoms with van der Waals surface area (Å²) in [6.07, 6.45) is 3.76. The zero-order chi connectivity index (χ0) is 55.3. The number of aromatic nitrogens is 3. The van der Waals surface area contributed by atoms with E-state index in [0.717, 1.165) is 10.9 Å². The van der Waals surface area contributed by atoms with Crippen LogP contribution < -0.4 is 59.7 Å². The Balaban J connectivity index is 1.33. The molecule has 0 spiro atoms. The number of nitrogens with two attached hydrogens (primary N) is 3. The largest absolute Gasteiger partial charge is 0.370 e. The van der Waals surface area contributed by atoms with E-state index in [1.54, 1.807) is 66.9 Å². The number of benzene rings is 3. The van der Waals surface area contributed by atoms with Crippen LogP contribution in [0.1, 0.15) is 61.4 Å². The number of amides is 8. The third-order valence-electron chi connectivity index (χ3n) is 12.8. The van der Waals surface area contributed by atoms with Crippen LogP contribution in [0, 0.1) is 0 Å². The number of Topliss-reactive ketones (excluding diaryl/α,β-unsaturated/α-hetero) is 1. The molecular weight excluding hydrogens is 991 g/mol. The number of ketones is 1. The van der Waals surface area contributed by atoms with E-state index in [1.807, 2.05) is 24.3 Å². The minimum absolute atomic E-state index is 0.0166. The average Bonchev–Trinajstić information content (AvgIpc) is 4.09. The maximum atomic E-state index is 14.5. The molecular formula is C53H67N15O9. The van der Waals surface area contributed by atoms with Gasteiger partial charge in [0.15, 0.2) is 11.7 Å². The molecule has 0 bridgehead atoms. The maximum absolute atomic E-state index is 14.5. The first-order chi connectivity index (χ1) is 37.0. The zero-order valence-corrected chi connectivity index (χ0v) is 42.6. The number of primary amides is 1. The average molecular weight is 1060 g/mol. The number of fused-ring (bicyclic) bond motifs is 1.